The molecule has 150 valence electrons. The van der Waals surface area contributed by atoms with Crippen LogP contribution >= 0.6 is 0 Å². The Balaban J connectivity index is 2.02. The number of rotatable bonds is 5. The minimum atomic E-state index is -0.364. The highest BCUT2D eigenvalue weighted by Crippen LogP contribution is 2.37. The van der Waals surface area contributed by atoms with E-state index < -0.39 is 0 Å². The maximum atomic E-state index is 12.8. The second kappa shape index (κ2) is 8.37. The zero-order chi connectivity index (χ0) is 21.1. The van der Waals surface area contributed by atoms with Gasteiger partial charge in [0, 0.05) is 5.56 Å². The first-order chi connectivity index (χ1) is 14.6. The molecule has 0 aliphatic rings. The van der Waals surface area contributed by atoms with Crippen LogP contribution < -0.4 is 0 Å². The Hall–Kier alpha value is -3.66. The van der Waals surface area contributed by atoms with Crippen LogP contribution in [-0.4, -0.2) is 25.2 Å². The largest absolute Gasteiger partial charge is 0.462 e. The number of ether oxygens (including phenoxy) is 2. The molecule has 0 fully saturated rings. The van der Waals surface area contributed by atoms with Gasteiger partial charge in [0.05, 0.1) is 24.3 Å². The van der Waals surface area contributed by atoms with E-state index >= 15 is 0 Å². The summed E-state index contributed by atoms with van der Waals surface area (Å²) in [5, 5.41) is 3.87. The second-order valence-electron chi connectivity index (χ2n) is 6.89. The van der Waals surface area contributed by atoms with Crippen molar-refractivity contribution in [1.29, 1.82) is 0 Å². The summed E-state index contributed by atoms with van der Waals surface area (Å²) in [5.41, 5.74) is 2.74. The lowest BCUT2D eigenvalue weighted by atomic mass is 9.89. The van der Waals surface area contributed by atoms with Gasteiger partial charge < -0.3 is 9.47 Å². The predicted molar refractivity (Wildman–Crippen MR) is 119 cm³/mol. The Morgan fingerprint density at radius 1 is 0.700 bits per heavy atom. The molecule has 0 aliphatic carbocycles. The third-order valence-electron chi connectivity index (χ3n) is 5.09. The SMILES string of the molecule is CCOC(=O)c1ccc2c(-c3cccc4ccccc34)c(C(=O)OCC)ccc2c1. The monoisotopic (exact) mass is 398 g/mol. The van der Waals surface area contributed by atoms with E-state index in [0.29, 0.717) is 24.3 Å². The van der Waals surface area contributed by atoms with Gasteiger partial charge in [0.25, 0.3) is 0 Å². The van der Waals surface area contributed by atoms with Crippen molar-refractivity contribution in [3.8, 4) is 11.1 Å². The van der Waals surface area contributed by atoms with E-state index in [0.717, 1.165) is 32.7 Å². The normalized spacial score (nSPS) is 10.9. The zero-order valence-electron chi connectivity index (χ0n) is 17.0. The van der Waals surface area contributed by atoms with Gasteiger partial charge in [-0.25, -0.2) is 9.59 Å². The smallest absolute Gasteiger partial charge is 0.338 e. The number of carbonyl (C=O) groups excluding carboxylic acids is 2. The van der Waals surface area contributed by atoms with E-state index in [-0.39, 0.29) is 11.9 Å². The molecule has 4 rings (SSSR count). The molecule has 4 aromatic rings. The summed E-state index contributed by atoms with van der Waals surface area (Å²) in [6.45, 7) is 4.19. The summed E-state index contributed by atoms with van der Waals surface area (Å²) in [6.07, 6.45) is 0. The Kier molecular flexibility index (Phi) is 5.48. The van der Waals surface area contributed by atoms with Crippen LogP contribution in [0.3, 0.4) is 0 Å². The molecule has 30 heavy (non-hydrogen) atoms. The quantitative estimate of drug-likeness (QED) is 0.386. The number of hydrogen-bond acceptors (Lipinski definition) is 4. The van der Waals surface area contributed by atoms with Crippen molar-refractivity contribution in [3.63, 3.8) is 0 Å². The molecule has 0 N–H and O–H groups in total. The second-order valence-corrected chi connectivity index (χ2v) is 6.89. The van der Waals surface area contributed by atoms with Crippen LogP contribution in [0, 0.1) is 0 Å². The molecular weight excluding hydrogens is 376 g/mol. The topological polar surface area (TPSA) is 52.6 Å². The van der Waals surface area contributed by atoms with Crippen molar-refractivity contribution in [2.24, 2.45) is 0 Å². The Morgan fingerprint density at radius 3 is 2.23 bits per heavy atom. The van der Waals surface area contributed by atoms with Crippen LogP contribution in [0.15, 0.2) is 72.8 Å². The highest BCUT2D eigenvalue weighted by molar-refractivity contribution is 6.13. The van der Waals surface area contributed by atoms with Gasteiger partial charge >= 0.3 is 11.9 Å². The highest BCUT2D eigenvalue weighted by Gasteiger charge is 2.19. The predicted octanol–water partition coefficient (Wildman–Crippen LogP) is 6.01. The Labute approximate surface area is 175 Å². The average Bonchev–Trinajstić information content (AvgIpc) is 2.78. The molecule has 4 aromatic carbocycles. The summed E-state index contributed by atoms with van der Waals surface area (Å²) in [5.74, 6) is -0.725. The van der Waals surface area contributed by atoms with Crippen LogP contribution in [-0.2, 0) is 9.47 Å². The molecule has 0 aromatic heterocycles. The average molecular weight is 398 g/mol. The van der Waals surface area contributed by atoms with Crippen molar-refractivity contribution in [3.05, 3.63) is 83.9 Å². The lowest BCUT2D eigenvalue weighted by molar-refractivity contribution is 0.0517. The number of hydrogen-bond donors (Lipinski definition) is 0. The van der Waals surface area contributed by atoms with Crippen LogP contribution in [0.1, 0.15) is 34.6 Å². The number of esters is 2. The molecular formula is C26H22O4. The molecule has 4 nitrogen and oxygen atoms in total. The van der Waals surface area contributed by atoms with Crippen molar-refractivity contribution in [1.82, 2.24) is 0 Å². The van der Waals surface area contributed by atoms with Crippen molar-refractivity contribution < 1.29 is 19.1 Å². The molecule has 0 heterocycles. The minimum absolute atomic E-state index is 0.299. The Morgan fingerprint density at radius 2 is 1.43 bits per heavy atom. The molecule has 0 amide bonds. The lowest BCUT2D eigenvalue weighted by Crippen LogP contribution is -2.08. The minimum Gasteiger partial charge on any atom is -0.462 e. The summed E-state index contributed by atoms with van der Waals surface area (Å²) in [4.78, 5) is 25.0. The van der Waals surface area contributed by atoms with Crippen molar-refractivity contribution in [2.45, 2.75) is 13.8 Å². The van der Waals surface area contributed by atoms with Crippen LogP contribution in [0.4, 0.5) is 0 Å². The molecule has 0 aliphatic heterocycles. The maximum absolute atomic E-state index is 12.8. The maximum Gasteiger partial charge on any atom is 0.338 e. The van der Waals surface area contributed by atoms with Gasteiger partial charge in [0.15, 0.2) is 0 Å². The first-order valence-corrected chi connectivity index (χ1v) is 10.0. The standard InChI is InChI=1S/C26H22O4/c1-3-29-25(27)19-13-14-21-18(16-19)12-15-23(26(28)30-4-2)24(21)22-11-7-9-17-8-5-6-10-20(17)22/h5-16H,3-4H2,1-2H3. The van der Waals surface area contributed by atoms with Crippen molar-refractivity contribution in [2.75, 3.05) is 13.2 Å². The van der Waals surface area contributed by atoms with E-state index in [1.54, 1.807) is 32.0 Å². The van der Waals surface area contributed by atoms with Crippen LogP contribution in [0.25, 0.3) is 32.7 Å². The molecule has 0 saturated carbocycles. The third kappa shape index (κ3) is 3.52. The molecule has 0 spiro atoms. The molecule has 0 atom stereocenters. The van der Waals surface area contributed by atoms with Gasteiger partial charge in [-0.05, 0) is 59.2 Å². The summed E-state index contributed by atoms with van der Waals surface area (Å²) in [7, 11) is 0. The zero-order valence-corrected chi connectivity index (χ0v) is 17.0. The van der Waals surface area contributed by atoms with E-state index in [1.165, 1.54) is 0 Å². The Bertz CT molecular complexity index is 1250. The van der Waals surface area contributed by atoms with Gasteiger partial charge in [-0.3, -0.25) is 0 Å². The molecule has 0 radical (unpaired) electrons. The fourth-order valence-electron chi connectivity index (χ4n) is 3.78. The molecule has 4 heteroatoms. The summed E-state index contributed by atoms with van der Waals surface area (Å²) in [6, 6.07) is 23.2. The summed E-state index contributed by atoms with van der Waals surface area (Å²) >= 11 is 0. The number of fused-ring (bicyclic) bond motifs is 2. The lowest BCUT2D eigenvalue weighted by Gasteiger charge is -2.15. The molecule has 0 unspecified atom stereocenters. The highest BCUT2D eigenvalue weighted by atomic mass is 16.5. The fraction of sp³-hybridized carbons (Fsp3) is 0.154. The van der Waals surface area contributed by atoms with Crippen LogP contribution in [0.2, 0.25) is 0 Å². The van der Waals surface area contributed by atoms with Gasteiger partial charge in [0.2, 0.25) is 0 Å². The third-order valence-corrected chi connectivity index (χ3v) is 5.09. The number of carbonyl (C=O) groups is 2. The van der Waals surface area contributed by atoms with Gasteiger partial charge in [-0.2, -0.15) is 0 Å². The number of benzene rings is 4. The van der Waals surface area contributed by atoms with Gasteiger partial charge in [-0.15, -0.1) is 0 Å². The molecule has 0 bridgehead atoms. The van der Waals surface area contributed by atoms with E-state index in [9.17, 15) is 9.59 Å². The first-order valence-electron chi connectivity index (χ1n) is 10.0. The van der Waals surface area contributed by atoms with Crippen molar-refractivity contribution >= 4 is 33.5 Å². The van der Waals surface area contributed by atoms with Gasteiger partial charge in [0.1, 0.15) is 0 Å². The van der Waals surface area contributed by atoms with Crippen LogP contribution in [0.5, 0.6) is 0 Å². The van der Waals surface area contributed by atoms with E-state index in [4.69, 9.17) is 9.47 Å². The molecule has 0 saturated heterocycles. The fourth-order valence-corrected chi connectivity index (χ4v) is 3.78. The van der Waals surface area contributed by atoms with Gasteiger partial charge in [-0.1, -0.05) is 54.6 Å². The van der Waals surface area contributed by atoms with E-state index in [1.807, 2.05) is 54.6 Å². The van der Waals surface area contributed by atoms with E-state index in [2.05, 4.69) is 0 Å². The first kappa shape index (κ1) is 19.6. The summed E-state index contributed by atoms with van der Waals surface area (Å²) < 4.78 is 10.5.